The van der Waals surface area contributed by atoms with Crippen molar-refractivity contribution in [2.75, 3.05) is 32.6 Å². The molecule has 2 amide bonds. The van der Waals surface area contributed by atoms with E-state index in [0.717, 1.165) is 12.8 Å². The number of halogens is 1. The molecule has 1 saturated heterocycles. The van der Waals surface area contributed by atoms with Gasteiger partial charge in [0.05, 0.1) is 20.1 Å². The van der Waals surface area contributed by atoms with E-state index in [1.165, 1.54) is 0 Å². The van der Waals surface area contributed by atoms with Crippen molar-refractivity contribution in [1.29, 1.82) is 0 Å². The highest BCUT2D eigenvalue weighted by atomic mass is 35.5. The Morgan fingerprint density at radius 3 is 2.46 bits per heavy atom. The summed E-state index contributed by atoms with van der Waals surface area (Å²) in [5.74, 6) is 0.670. The van der Waals surface area contributed by atoms with E-state index < -0.39 is 0 Å². The van der Waals surface area contributed by atoms with Gasteiger partial charge in [0.15, 0.2) is 0 Å². The average molecular weight is 403 g/mol. The highest BCUT2D eigenvalue weighted by molar-refractivity contribution is 6.30. The van der Waals surface area contributed by atoms with Crippen molar-refractivity contribution < 1.29 is 19.1 Å². The zero-order chi connectivity index (χ0) is 20.1. The lowest BCUT2D eigenvalue weighted by Gasteiger charge is -2.32. The Labute approximate surface area is 169 Å². The Balaban J connectivity index is 1.68. The first-order valence-corrected chi connectivity index (χ1v) is 9.46. The summed E-state index contributed by atoms with van der Waals surface area (Å²) >= 11 is 5.99. The first-order valence-electron chi connectivity index (χ1n) is 9.09. The molecule has 2 aromatic rings. The van der Waals surface area contributed by atoms with Crippen LogP contribution in [-0.4, -0.2) is 44.0 Å². The first kappa shape index (κ1) is 20.0. The molecule has 1 aliphatic rings. The molecule has 7 heteroatoms. The topological polar surface area (TPSA) is 67.9 Å². The lowest BCUT2D eigenvalue weighted by molar-refractivity contribution is -0.121. The summed E-state index contributed by atoms with van der Waals surface area (Å²) in [5.41, 5.74) is 1.13. The van der Waals surface area contributed by atoms with Crippen LogP contribution in [0.1, 0.15) is 23.2 Å². The van der Waals surface area contributed by atoms with Gasteiger partial charge in [0.1, 0.15) is 11.5 Å². The molecule has 6 nitrogen and oxygen atoms in total. The predicted molar refractivity (Wildman–Crippen MR) is 108 cm³/mol. The largest absolute Gasteiger partial charge is 0.497 e. The molecule has 0 aliphatic carbocycles. The van der Waals surface area contributed by atoms with E-state index in [9.17, 15) is 9.59 Å². The lowest BCUT2D eigenvalue weighted by atomic mass is 9.96. The van der Waals surface area contributed by atoms with Crippen LogP contribution < -0.4 is 14.8 Å². The number of hydrogen-bond acceptors (Lipinski definition) is 4. The van der Waals surface area contributed by atoms with E-state index in [-0.39, 0.29) is 17.7 Å². The van der Waals surface area contributed by atoms with Crippen LogP contribution in [0.2, 0.25) is 5.02 Å². The second-order valence-electron chi connectivity index (χ2n) is 6.69. The number of hydrogen-bond donors (Lipinski definition) is 1. The van der Waals surface area contributed by atoms with E-state index in [1.54, 1.807) is 61.6 Å². The van der Waals surface area contributed by atoms with Gasteiger partial charge >= 0.3 is 0 Å². The molecule has 0 unspecified atom stereocenters. The van der Waals surface area contributed by atoms with Crippen molar-refractivity contribution in [1.82, 2.24) is 4.90 Å². The monoisotopic (exact) mass is 402 g/mol. The summed E-state index contributed by atoms with van der Waals surface area (Å²) in [6.07, 6.45) is 1.50. The number of amides is 2. The van der Waals surface area contributed by atoms with Gasteiger partial charge in [0.25, 0.3) is 5.91 Å². The van der Waals surface area contributed by atoms with E-state index >= 15 is 0 Å². The zero-order valence-corrected chi connectivity index (χ0v) is 16.7. The third-order valence-corrected chi connectivity index (χ3v) is 5.01. The molecular weight excluding hydrogens is 380 g/mol. The van der Waals surface area contributed by atoms with Crippen molar-refractivity contribution in [3.05, 3.63) is 53.1 Å². The Morgan fingerprint density at radius 2 is 1.82 bits per heavy atom. The van der Waals surface area contributed by atoms with Crippen LogP contribution in [0.4, 0.5) is 5.69 Å². The van der Waals surface area contributed by atoms with Crippen LogP contribution in [0.25, 0.3) is 0 Å². The van der Waals surface area contributed by atoms with Crippen LogP contribution in [0, 0.1) is 5.92 Å². The van der Waals surface area contributed by atoms with Crippen LogP contribution >= 0.6 is 11.6 Å². The second-order valence-corrected chi connectivity index (χ2v) is 7.13. The van der Waals surface area contributed by atoms with Gasteiger partial charge < -0.3 is 19.7 Å². The van der Waals surface area contributed by atoms with E-state index in [2.05, 4.69) is 5.32 Å². The first-order chi connectivity index (χ1) is 13.5. The van der Waals surface area contributed by atoms with Crippen LogP contribution in [0.3, 0.4) is 0 Å². The summed E-state index contributed by atoms with van der Waals surface area (Å²) in [5, 5.41) is 3.43. The minimum absolute atomic E-state index is 0.108. The fraction of sp³-hybridized carbons (Fsp3) is 0.333. The maximum absolute atomic E-state index is 12.8. The fourth-order valence-electron chi connectivity index (χ4n) is 3.30. The van der Waals surface area contributed by atoms with Gasteiger partial charge in [0.2, 0.25) is 5.91 Å². The van der Waals surface area contributed by atoms with E-state index in [1.807, 2.05) is 0 Å². The van der Waals surface area contributed by atoms with Crippen molar-refractivity contribution in [3.63, 3.8) is 0 Å². The third-order valence-electron chi connectivity index (χ3n) is 4.77. The van der Waals surface area contributed by atoms with E-state index in [0.29, 0.717) is 40.9 Å². The van der Waals surface area contributed by atoms with Crippen molar-refractivity contribution >= 4 is 29.1 Å². The number of methoxy groups -OCH3 is 2. The normalized spacial score (nSPS) is 16.4. The maximum atomic E-state index is 12.8. The zero-order valence-electron chi connectivity index (χ0n) is 15.9. The molecular formula is C21H23ClN2O4. The Morgan fingerprint density at radius 1 is 1.11 bits per heavy atom. The van der Waals surface area contributed by atoms with Crippen LogP contribution in [-0.2, 0) is 4.79 Å². The molecule has 2 aromatic carbocycles. The Bertz CT molecular complexity index is 849. The summed E-state index contributed by atoms with van der Waals surface area (Å²) in [4.78, 5) is 27.2. The van der Waals surface area contributed by atoms with Gasteiger partial charge in [-0.15, -0.1) is 0 Å². The molecule has 1 fully saturated rings. The molecule has 1 N–H and O–H groups in total. The number of benzene rings is 2. The molecule has 0 spiro atoms. The van der Waals surface area contributed by atoms with Gasteiger partial charge in [-0.25, -0.2) is 0 Å². The van der Waals surface area contributed by atoms with Crippen molar-refractivity contribution in [2.45, 2.75) is 12.8 Å². The number of carbonyl (C=O) groups is 2. The Hall–Kier alpha value is -2.73. The van der Waals surface area contributed by atoms with Crippen LogP contribution in [0.15, 0.2) is 42.5 Å². The Kier molecular flexibility index (Phi) is 6.41. The molecule has 28 heavy (non-hydrogen) atoms. The van der Waals surface area contributed by atoms with E-state index in [4.69, 9.17) is 21.1 Å². The average Bonchev–Trinajstić information content (AvgIpc) is 2.72. The lowest BCUT2D eigenvalue weighted by Crippen LogP contribution is -2.43. The SMILES string of the molecule is COc1cc(NC(=O)[C@@H]2CCCN(C(=O)c3cccc(Cl)c3)C2)cc(OC)c1. The minimum atomic E-state index is -0.283. The summed E-state index contributed by atoms with van der Waals surface area (Å²) in [6, 6.07) is 12.1. The number of rotatable bonds is 5. The third kappa shape index (κ3) is 4.75. The molecule has 0 saturated carbocycles. The summed E-state index contributed by atoms with van der Waals surface area (Å²) in [7, 11) is 3.11. The molecule has 1 heterocycles. The van der Waals surface area contributed by atoms with Gasteiger partial charge in [-0.3, -0.25) is 9.59 Å². The molecule has 0 bridgehead atoms. The number of ether oxygens (including phenoxy) is 2. The molecule has 3 rings (SSSR count). The molecule has 1 aliphatic heterocycles. The number of nitrogens with one attached hydrogen (secondary N) is 1. The van der Waals surface area contributed by atoms with Crippen molar-refractivity contribution in [2.24, 2.45) is 5.92 Å². The number of likely N-dealkylation sites (tertiary alicyclic amines) is 1. The standard InChI is InChI=1S/C21H23ClN2O4/c1-27-18-10-17(11-19(12-18)28-2)23-20(25)15-6-4-8-24(13-15)21(26)14-5-3-7-16(22)9-14/h3,5,7,9-12,15H,4,6,8,13H2,1-2H3,(H,23,25)/t15-/m1/s1. The van der Waals surface area contributed by atoms with Gasteiger partial charge in [-0.2, -0.15) is 0 Å². The highest BCUT2D eigenvalue weighted by Gasteiger charge is 2.29. The predicted octanol–water partition coefficient (Wildman–Crippen LogP) is 3.85. The molecule has 0 radical (unpaired) electrons. The molecule has 1 atom stereocenters. The minimum Gasteiger partial charge on any atom is -0.497 e. The summed E-state index contributed by atoms with van der Waals surface area (Å²) in [6.45, 7) is 1.00. The maximum Gasteiger partial charge on any atom is 0.253 e. The highest BCUT2D eigenvalue weighted by Crippen LogP contribution is 2.27. The fourth-order valence-corrected chi connectivity index (χ4v) is 3.49. The van der Waals surface area contributed by atoms with Gasteiger partial charge in [-0.1, -0.05) is 17.7 Å². The smallest absolute Gasteiger partial charge is 0.253 e. The quantitative estimate of drug-likeness (QED) is 0.824. The van der Waals surface area contributed by atoms with Crippen LogP contribution in [0.5, 0.6) is 11.5 Å². The summed E-state index contributed by atoms with van der Waals surface area (Å²) < 4.78 is 10.5. The van der Waals surface area contributed by atoms with Crippen molar-refractivity contribution in [3.8, 4) is 11.5 Å². The second kappa shape index (κ2) is 8.97. The molecule has 0 aromatic heterocycles. The number of carbonyl (C=O) groups excluding carboxylic acids is 2. The van der Waals surface area contributed by atoms with Gasteiger partial charge in [0, 0.05) is 47.6 Å². The number of nitrogens with zero attached hydrogens (tertiary/aromatic N) is 1. The number of piperidine rings is 1. The number of anilines is 1. The molecule has 148 valence electrons. The van der Waals surface area contributed by atoms with Gasteiger partial charge in [-0.05, 0) is 31.0 Å².